The van der Waals surface area contributed by atoms with E-state index in [9.17, 15) is 14.0 Å². The predicted molar refractivity (Wildman–Crippen MR) is 107 cm³/mol. The molecule has 1 aromatic carbocycles. The highest BCUT2D eigenvalue weighted by Gasteiger charge is 2.21. The molecule has 3 rings (SSSR count). The number of nitrogens with zero attached hydrogens (tertiary/aromatic N) is 4. The van der Waals surface area contributed by atoms with E-state index in [0.29, 0.717) is 38.4 Å². The fraction of sp³-hybridized carbons (Fsp3) is 0.300. The first-order valence-corrected chi connectivity index (χ1v) is 9.26. The van der Waals surface area contributed by atoms with E-state index >= 15 is 0 Å². The number of benzene rings is 1. The summed E-state index contributed by atoms with van der Waals surface area (Å²) in [5, 5.41) is 13.8. The summed E-state index contributed by atoms with van der Waals surface area (Å²) in [7, 11) is 1.36. The minimum atomic E-state index is -0.621. The van der Waals surface area contributed by atoms with Gasteiger partial charge in [0.05, 0.1) is 24.7 Å². The number of ether oxygens (including phenoxy) is 1. The number of anilines is 2. The number of rotatable bonds is 4. The van der Waals surface area contributed by atoms with Crippen LogP contribution in [0.25, 0.3) is 0 Å². The van der Waals surface area contributed by atoms with Crippen molar-refractivity contribution in [3.8, 4) is 6.07 Å². The van der Waals surface area contributed by atoms with Crippen LogP contribution in [0.5, 0.6) is 0 Å². The molecule has 0 saturated carbocycles. The van der Waals surface area contributed by atoms with Crippen molar-refractivity contribution in [3.05, 3.63) is 53.6 Å². The van der Waals surface area contributed by atoms with E-state index < -0.39 is 11.8 Å². The lowest BCUT2D eigenvalue weighted by Gasteiger charge is -2.33. The van der Waals surface area contributed by atoms with E-state index in [1.165, 1.54) is 31.5 Å². The third kappa shape index (κ3) is 5.42. The summed E-state index contributed by atoms with van der Waals surface area (Å²) < 4.78 is 18.9. The van der Waals surface area contributed by atoms with Crippen LogP contribution in [0.3, 0.4) is 0 Å². The smallest absolute Gasteiger partial charge is 0.409 e. The Morgan fingerprint density at radius 3 is 2.60 bits per heavy atom. The molecule has 0 atom stereocenters. The summed E-state index contributed by atoms with van der Waals surface area (Å²) in [5.41, 5.74) is 1.50. The molecule has 2 heterocycles. The molecule has 1 aliphatic heterocycles. The molecule has 0 spiro atoms. The van der Waals surface area contributed by atoms with E-state index in [1.807, 2.05) is 6.07 Å². The van der Waals surface area contributed by atoms with Crippen molar-refractivity contribution in [2.24, 2.45) is 0 Å². The number of carbonyl (C=O) groups is 2. The number of halogens is 1. The number of urea groups is 1. The molecule has 2 N–H and O–H groups in total. The third-order valence-electron chi connectivity index (χ3n) is 4.63. The fourth-order valence-electron chi connectivity index (χ4n) is 3.06. The number of carbonyl (C=O) groups excluding carboxylic acids is 2. The highest BCUT2D eigenvalue weighted by Crippen LogP contribution is 2.19. The maximum Gasteiger partial charge on any atom is 0.409 e. The van der Waals surface area contributed by atoms with Gasteiger partial charge in [-0.25, -0.2) is 19.0 Å². The molecule has 1 saturated heterocycles. The van der Waals surface area contributed by atoms with Crippen molar-refractivity contribution in [1.82, 2.24) is 14.8 Å². The fourth-order valence-corrected chi connectivity index (χ4v) is 3.06. The first-order valence-electron chi connectivity index (χ1n) is 9.26. The molecule has 0 bridgehead atoms. The van der Waals surface area contributed by atoms with Gasteiger partial charge in [-0.05, 0) is 29.8 Å². The van der Waals surface area contributed by atoms with Gasteiger partial charge < -0.3 is 20.3 Å². The lowest BCUT2D eigenvalue weighted by molar-refractivity contribution is 0.0889. The standard InChI is InChI=1S/C20H21FN6O3/c1-30-20(29)27-8-6-26(7-9-27)13-14-2-5-17(21)18(10-14)25-19(28)24-16-4-3-15(11-22)23-12-16/h2-5,10,12H,6-9,13H2,1H3,(H2,24,25,28). The molecule has 0 radical (unpaired) electrons. The van der Waals surface area contributed by atoms with Gasteiger partial charge in [0.15, 0.2) is 0 Å². The number of nitrogens with one attached hydrogen (secondary N) is 2. The predicted octanol–water partition coefficient (Wildman–Crippen LogP) is 2.62. The van der Waals surface area contributed by atoms with Gasteiger partial charge in [-0.2, -0.15) is 5.26 Å². The summed E-state index contributed by atoms with van der Waals surface area (Å²) in [6, 6.07) is 8.82. The Morgan fingerprint density at radius 2 is 1.97 bits per heavy atom. The summed E-state index contributed by atoms with van der Waals surface area (Å²) >= 11 is 0. The van der Waals surface area contributed by atoms with Crippen molar-refractivity contribution in [2.45, 2.75) is 6.54 Å². The van der Waals surface area contributed by atoms with Crippen molar-refractivity contribution in [1.29, 1.82) is 5.26 Å². The van der Waals surface area contributed by atoms with E-state index in [4.69, 9.17) is 10.00 Å². The first-order chi connectivity index (χ1) is 14.5. The number of piperazine rings is 1. The van der Waals surface area contributed by atoms with Gasteiger partial charge in [0.1, 0.15) is 17.6 Å². The van der Waals surface area contributed by atoms with Gasteiger partial charge >= 0.3 is 12.1 Å². The lowest BCUT2D eigenvalue weighted by atomic mass is 10.1. The van der Waals surface area contributed by atoms with Crippen LogP contribution < -0.4 is 10.6 Å². The molecule has 2 aromatic rings. The number of pyridine rings is 1. The zero-order valence-electron chi connectivity index (χ0n) is 16.4. The van der Waals surface area contributed by atoms with Gasteiger partial charge in [-0.3, -0.25) is 4.90 Å². The average molecular weight is 412 g/mol. The molecule has 1 aliphatic rings. The molecular formula is C20H21FN6O3. The van der Waals surface area contributed by atoms with Crippen LogP contribution in [-0.4, -0.2) is 60.2 Å². The van der Waals surface area contributed by atoms with E-state index in [2.05, 4.69) is 20.5 Å². The summed E-state index contributed by atoms with van der Waals surface area (Å²) in [6.07, 6.45) is 1.00. The number of hydrogen-bond acceptors (Lipinski definition) is 6. The Balaban J connectivity index is 1.57. The lowest BCUT2D eigenvalue weighted by Crippen LogP contribution is -2.48. The number of aromatic nitrogens is 1. The molecule has 10 heteroatoms. The molecule has 1 aromatic heterocycles. The second-order valence-electron chi connectivity index (χ2n) is 6.67. The highest BCUT2D eigenvalue weighted by molar-refractivity contribution is 5.99. The van der Waals surface area contributed by atoms with Crippen LogP contribution in [0.15, 0.2) is 36.5 Å². The number of methoxy groups -OCH3 is 1. The van der Waals surface area contributed by atoms with Crippen LogP contribution in [0.2, 0.25) is 0 Å². The second kappa shape index (κ2) is 9.67. The van der Waals surface area contributed by atoms with E-state index in [0.717, 1.165) is 5.56 Å². The summed E-state index contributed by atoms with van der Waals surface area (Å²) in [6.45, 7) is 3.01. The molecule has 30 heavy (non-hydrogen) atoms. The number of nitriles is 1. The zero-order chi connectivity index (χ0) is 21.5. The Labute approximate surface area is 173 Å². The normalized spacial score (nSPS) is 14.0. The molecule has 0 unspecified atom stereocenters. The maximum absolute atomic E-state index is 14.2. The van der Waals surface area contributed by atoms with Gasteiger partial charge in [0.25, 0.3) is 0 Å². The van der Waals surface area contributed by atoms with Gasteiger partial charge in [-0.1, -0.05) is 6.07 Å². The molecular weight excluding hydrogens is 391 g/mol. The van der Waals surface area contributed by atoms with Crippen molar-refractivity contribution in [3.63, 3.8) is 0 Å². The third-order valence-corrected chi connectivity index (χ3v) is 4.63. The minimum absolute atomic E-state index is 0.0554. The Kier molecular flexibility index (Phi) is 6.77. The summed E-state index contributed by atoms with van der Waals surface area (Å²) in [4.78, 5) is 31.4. The quantitative estimate of drug-likeness (QED) is 0.799. The highest BCUT2D eigenvalue weighted by atomic mass is 19.1. The van der Waals surface area contributed by atoms with E-state index in [1.54, 1.807) is 17.0 Å². The molecule has 3 amide bonds. The Bertz CT molecular complexity index is 952. The maximum atomic E-state index is 14.2. The zero-order valence-corrected chi connectivity index (χ0v) is 16.4. The molecule has 0 aliphatic carbocycles. The molecule has 1 fully saturated rings. The monoisotopic (exact) mass is 412 g/mol. The number of hydrogen-bond donors (Lipinski definition) is 2. The first kappa shape index (κ1) is 21.0. The topological polar surface area (TPSA) is 111 Å². The van der Waals surface area contributed by atoms with Crippen LogP contribution >= 0.6 is 0 Å². The average Bonchev–Trinajstić information content (AvgIpc) is 2.76. The SMILES string of the molecule is COC(=O)N1CCN(Cc2ccc(F)c(NC(=O)Nc3ccc(C#N)nc3)c2)CC1. The van der Waals surface area contributed by atoms with Gasteiger partial charge in [-0.15, -0.1) is 0 Å². The molecule has 9 nitrogen and oxygen atoms in total. The van der Waals surface area contributed by atoms with Crippen LogP contribution in [0, 0.1) is 17.1 Å². The van der Waals surface area contributed by atoms with Crippen molar-refractivity contribution < 1.29 is 18.7 Å². The Hall–Kier alpha value is -3.71. The van der Waals surface area contributed by atoms with Crippen LogP contribution in [0.4, 0.5) is 25.4 Å². The largest absolute Gasteiger partial charge is 0.453 e. The van der Waals surface area contributed by atoms with Crippen molar-refractivity contribution >= 4 is 23.5 Å². The van der Waals surface area contributed by atoms with Gasteiger partial charge in [0.2, 0.25) is 0 Å². The van der Waals surface area contributed by atoms with Crippen molar-refractivity contribution in [2.75, 3.05) is 43.9 Å². The van der Waals surface area contributed by atoms with E-state index in [-0.39, 0.29) is 17.5 Å². The summed E-state index contributed by atoms with van der Waals surface area (Å²) in [5.74, 6) is -0.553. The molecule has 156 valence electrons. The second-order valence-corrected chi connectivity index (χ2v) is 6.67. The Morgan fingerprint density at radius 1 is 1.20 bits per heavy atom. The minimum Gasteiger partial charge on any atom is -0.453 e. The van der Waals surface area contributed by atoms with Crippen LogP contribution in [0.1, 0.15) is 11.3 Å². The van der Waals surface area contributed by atoms with Gasteiger partial charge in [0, 0.05) is 32.7 Å². The number of amides is 3. The van der Waals surface area contributed by atoms with Crippen LogP contribution in [-0.2, 0) is 11.3 Å².